The average Bonchev–Trinajstić information content (AvgIpc) is 2.37. The van der Waals surface area contributed by atoms with Gasteiger partial charge in [-0.05, 0) is 37.5 Å². The maximum atomic E-state index is 12.0. The summed E-state index contributed by atoms with van der Waals surface area (Å²) >= 11 is 0. The lowest BCUT2D eigenvalue weighted by molar-refractivity contribution is -0.121. The van der Waals surface area contributed by atoms with Gasteiger partial charge in [0.05, 0.1) is 0 Å². The number of carbonyl (C=O) groups is 1. The van der Waals surface area contributed by atoms with Gasteiger partial charge in [0, 0.05) is 19.0 Å². The Morgan fingerprint density at radius 2 is 2.00 bits per heavy atom. The Kier molecular flexibility index (Phi) is 6.93. The lowest BCUT2D eigenvalue weighted by atomic mass is 10.1. The van der Waals surface area contributed by atoms with Crippen molar-refractivity contribution >= 4 is 5.91 Å². The number of halogens is 2. The lowest BCUT2D eigenvalue weighted by Gasteiger charge is -2.08. The number of benzene rings is 1. The molecule has 6 heteroatoms. The Morgan fingerprint density at radius 1 is 1.35 bits per heavy atom. The van der Waals surface area contributed by atoms with Gasteiger partial charge in [0.25, 0.3) is 0 Å². The van der Waals surface area contributed by atoms with Crippen molar-refractivity contribution in [3.05, 3.63) is 29.8 Å². The highest BCUT2D eigenvalue weighted by atomic mass is 19.3. The molecule has 112 valence electrons. The van der Waals surface area contributed by atoms with E-state index in [4.69, 9.17) is 5.73 Å². The molecule has 3 N–H and O–H groups in total. The van der Waals surface area contributed by atoms with E-state index in [-0.39, 0.29) is 17.7 Å². The maximum absolute atomic E-state index is 12.0. The van der Waals surface area contributed by atoms with E-state index < -0.39 is 6.61 Å². The summed E-state index contributed by atoms with van der Waals surface area (Å²) in [5.74, 6) is 0.0729. The predicted octanol–water partition coefficient (Wildman–Crippen LogP) is 2.07. The number of aryl methyl sites for hydroxylation is 1. The molecule has 0 spiro atoms. The van der Waals surface area contributed by atoms with Crippen LogP contribution in [0.4, 0.5) is 8.78 Å². The predicted molar refractivity (Wildman–Crippen MR) is 72.7 cm³/mol. The molecule has 0 aliphatic carbocycles. The van der Waals surface area contributed by atoms with Crippen LogP contribution in [0.1, 0.15) is 25.3 Å². The van der Waals surface area contributed by atoms with Crippen molar-refractivity contribution in [1.82, 2.24) is 5.32 Å². The molecule has 0 radical (unpaired) electrons. The molecule has 1 aromatic carbocycles. The molecule has 4 nitrogen and oxygen atoms in total. The first-order chi connectivity index (χ1) is 9.47. The molecule has 1 atom stereocenters. The average molecular weight is 286 g/mol. The third kappa shape index (κ3) is 7.04. The highest BCUT2D eigenvalue weighted by Crippen LogP contribution is 2.15. The molecular weight excluding hydrogens is 266 g/mol. The van der Waals surface area contributed by atoms with Crippen LogP contribution in [-0.2, 0) is 11.2 Å². The van der Waals surface area contributed by atoms with Crippen molar-refractivity contribution in [1.29, 1.82) is 0 Å². The minimum atomic E-state index is -2.82. The van der Waals surface area contributed by atoms with Gasteiger partial charge in [-0.2, -0.15) is 8.78 Å². The summed E-state index contributed by atoms with van der Waals surface area (Å²) in [6.07, 6.45) is 1.65. The largest absolute Gasteiger partial charge is 0.435 e. The van der Waals surface area contributed by atoms with E-state index in [2.05, 4.69) is 10.1 Å². The second-order valence-electron chi connectivity index (χ2n) is 4.64. The topological polar surface area (TPSA) is 64.3 Å². The molecule has 0 aliphatic rings. The zero-order valence-electron chi connectivity index (χ0n) is 11.4. The van der Waals surface area contributed by atoms with E-state index in [1.54, 1.807) is 12.1 Å². The fourth-order valence-electron chi connectivity index (χ4n) is 1.62. The molecule has 0 heterocycles. The van der Waals surface area contributed by atoms with Gasteiger partial charge in [0.1, 0.15) is 5.75 Å². The van der Waals surface area contributed by atoms with Crippen LogP contribution in [0.25, 0.3) is 0 Å². The number of nitrogens with one attached hydrogen (secondary N) is 1. The Labute approximate surface area is 117 Å². The molecule has 0 saturated carbocycles. The molecule has 1 amide bonds. The molecular formula is C14H20F2N2O2. The first-order valence-electron chi connectivity index (χ1n) is 6.53. The number of carbonyl (C=O) groups excluding carboxylic acids is 1. The van der Waals surface area contributed by atoms with Crippen LogP contribution >= 0.6 is 0 Å². The zero-order valence-corrected chi connectivity index (χ0v) is 11.4. The molecule has 0 saturated heterocycles. The van der Waals surface area contributed by atoms with Crippen LogP contribution in [0.2, 0.25) is 0 Å². The Morgan fingerprint density at radius 3 is 2.55 bits per heavy atom. The first-order valence-corrected chi connectivity index (χ1v) is 6.53. The van der Waals surface area contributed by atoms with Gasteiger partial charge in [-0.3, -0.25) is 4.79 Å². The number of ether oxygens (including phenoxy) is 1. The number of hydrogen-bond acceptors (Lipinski definition) is 3. The van der Waals surface area contributed by atoms with Gasteiger partial charge in [0.2, 0.25) is 5.91 Å². The van der Waals surface area contributed by atoms with Gasteiger partial charge in [-0.15, -0.1) is 0 Å². The van der Waals surface area contributed by atoms with Crippen molar-refractivity contribution in [3.8, 4) is 5.75 Å². The van der Waals surface area contributed by atoms with Gasteiger partial charge in [0.15, 0.2) is 0 Å². The van der Waals surface area contributed by atoms with Gasteiger partial charge < -0.3 is 15.8 Å². The summed E-state index contributed by atoms with van der Waals surface area (Å²) in [6, 6.07) is 6.35. The van der Waals surface area contributed by atoms with Crippen molar-refractivity contribution in [2.24, 2.45) is 5.73 Å². The monoisotopic (exact) mass is 286 g/mol. The van der Waals surface area contributed by atoms with Crippen molar-refractivity contribution < 1.29 is 18.3 Å². The number of nitrogens with two attached hydrogens (primary N) is 1. The molecule has 0 bridgehead atoms. The van der Waals surface area contributed by atoms with Crippen LogP contribution in [-0.4, -0.2) is 25.1 Å². The molecule has 0 fully saturated rings. The van der Waals surface area contributed by atoms with E-state index in [1.807, 2.05) is 6.92 Å². The fraction of sp³-hybridized carbons (Fsp3) is 0.500. The molecule has 0 aromatic heterocycles. The fourth-order valence-corrected chi connectivity index (χ4v) is 1.62. The minimum Gasteiger partial charge on any atom is -0.435 e. The standard InChI is InChI=1S/C14H20F2N2O2/c1-10(17)8-9-18-13(19)7-4-11-2-5-12(6-3-11)20-14(15)16/h2-3,5-6,10,14H,4,7-9,17H2,1H3,(H,18,19). The van der Waals surface area contributed by atoms with Crippen LogP contribution in [0.15, 0.2) is 24.3 Å². The number of hydrogen-bond donors (Lipinski definition) is 2. The van der Waals surface area contributed by atoms with Gasteiger partial charge >= 0.3 is 6.61 Å². The smallest absolute Gasteiger partial charge is 0.387 e. The van der Waals surface area contributed by atoms with Crippen molar-refractivity contribution in [2.45, 2.75) is 38.8 Å². The third-order valence-electron chi connectivity index (χ3n) is 2.71. The van der Waals surface area contributed by atoms with E-state index >= 15 is 0 Å². The molecule has 1 aromatic rings. The SMILES string of the molecule is CC(N)CCNC(=O)CCc1ccc(OC(F)F)cc1. The summed E-state index contributed by atoms with van der Waals surface area (Å²) in [4.78, 5) is 11.5. The number of amides is 1. The summed E-state index contributed by atoms with van der Waals surface area (Å²) in [6.45, 7) is -0.371. The quantitative estimate of drug-likeness (QED) is 0.769. The number of alkyl halides is 2. The zero-order chi connectivity index (χ0) is 15.0. The normalized spacial score (nSPS) is 12.2. The molecule has 20 heavy (non-hydrogen) atoms. The lowest BCUT2D eigenvalue weighted by Crippen LogP contribution is -2.29. The summed E-state index contributed by atoms with van der Waals surface area (Å²) in [5.41, 5.74) is 6.47. The summed E-state index contributed by atoms with van der Waals surface area (Å²) in [7, 11) is 0. The number of rotatable bonds is 8. The highest BCUT2D eigenvalue weighted by molar-refractivity contribution is 5.76. The van der Waals surface area contributed by atoms with E-state index in [0.29, 0.717) is 19.4 Å². The summed E-state index contributed by atoms with van der Waals surface area (Å²) in [5, 5.41) is 2.78. The van der Waals surface area contributed by atoms with Crippen molar-refractivity contribution in [2.75, 3.05) is 6.54 Å². The first kappa shape index (κ1) is 16.4. The van der Waals surface area contributed by atoms with Gasteiger partial charge in [-0.25, -0.2) is 0 Å². The summed E-state index contributed by atoms with van der Waals surface area (Å²) < 4.78 is 28.2. The van der Waals surface area contributed by atoms with Crippen LogP contribution in [0.5, 0.6) is 5.75 Å². The van der Waals surface area contributed by atoms with E-state index in [9.17, 15) is 13.6 Å². The van der Waals surface area contributed by atoms with Gasteiger partial charge in [-0.1, -0.05) is 12.1 Å². The third-order valence-corrected chi connectivity index (χ3v) is 2.71. The highest BCUT2D eigenvalue weighted by Gasteiger charge is 2.05. The second-order valence-corrected chi connectivity index (χ2v) is 4.64. The van der Waals surface area contributed by atoms with Crippen LogP contribution < -0.4 is 15.8 Å². The maximum Gasteiger partial charge on any atom is 0.387 e. The molecule has 1 unspecified atom stereocenters. The Balaban J connectivity index is 2.29. The van der Waals surface area contributed by atoms with Crippen LogP contribution in [0.3, 0.4) is 0 Å². The van der Waals surface area contributed by atoms with Crippen molar-refractivity contribution in [3.63, 3.8) is 0 Å². The Bertz CT molecular complexity index is 408. The van der Waals surface area contributed by atoms with E-state index in [0.717, 1.165) is 12.0 Å². The molecule has 1 rings (SSSR count). The van der Waals surface area contributed by atoms with E-state index in [1.165, 1.54) is 12.1 Å². The Hall–Kier alpha value is -1.69. The van der Waals surface area contributed by atoms with Crippen LogP contribution in [0, 0.1) is 0 Å². The minimum absolute atomic E-state index is 0.0430. The second kappa shape index (κ2) is 8.47. The molecule has 0 aliphatic heterocycles.